The Labute approximate surface area is 106 Å². The van der Waals surface area contributed by atoms with E-state index in [0.717, 1.165) is 44.7 Å². The molecule has 1 aliphatic carbocycles. The summed E-state index contributed by atoms with van der Waals surface area (Å²) in [6, 6.07) is 0. The highest BCUT2D eigenvalue weighted by Gasteiger charge is 2.43. The van der Waals surface area contributed by atoms with Crippen LogP contribution in [0.5, 0.6) is 0 Å². The second kappa shape index (κ2) is 5.69. The molecule has 0 amide bonds. The highest BCUT2D eigenvalue weighted by molar-refractivity contribution is 4.93. The molecule has 1 aliphatic heterocycles. The van der Waals surface area contributed by atoms with Gasteiger partial charge in [-0.05, 0) is 51.0 Å². The molecule has 0 radical (unpaired) electrons. The molecule has 2 rings (SSSR count). The predicted molar refractivity (Wildman–Crippen MR) is 70.8 cm³/mol. The van der Waals surface area contributed by atoms with E-state index >= 15 is 4.39 Å². The first-order valence-electron chi connectivity index (χ1n) is 7.54. The van der Waals surface area contributed by atoms with Crippen molar-refractivity contribution in [1.82, 2.24) is 5.32 Å². The fourth-order valence-electron chi connectivity index (χ4n) is 3.80. The highest BCUT2D eigenvalue weighted by atomic mass is 19.1. The van der Waals surface area contributed by atoms with E-state index in [1.54, 1.807) is 0 Å². The number of rotatable bonds is 3. The Morgan fingerprint density at radius 1 is 1.12 bits per heavy atom. The van der Waals surface area contributed by atoms with Crippen LogP contribution in [0.2, 0.25) is 0 Å². The maximum absolute atomic E-state index is 15.1. The summed E-state index contributed by atoms with van der Waals surface area (Å²) in [5.74, 6) is 1.43. The minimum atomic E-state index is -0.938. The lowest BCUT2D eigenvalue weighted by atomic mass is 9.68. The SMILES string of the molecule is CCC1CCC(C(C)(F)C2CCCNC2)CC1. The summed E-state index contributed by atoms with van der Waals surface area (Å²) in [6.07, 6.45) is 8.23. The van der Waals surface area contributed by atoms with E-state index in [1.807, 2.05) is 6.92 Å². The van der Waals surface area contributed by atoms with E-state index in [2.05, 4.69) is 12.2 Å². The smallest absolute Gasteiger partial charge is 0.115 e. The Balaban J connectivity index is 1.91. The molecule has 1 N–H and O–H groups in total. The Morgan fingerprint density at radius 3 is 2.35 bits per heavy atom. The largest absolute Gasteiger partial charge is 0.316 e. The van der Waals surface area contributed by atoms with Crippen LogP contribution in [-0.4, -0.2) is 18.8 Å². The molecular formula is C15H28FN. The van der Waals surface area contributed by atoms with Gasteiger partial charge in [0, 0.05) is 12.5 Å². The molecule has 1 heterocycles. The number of halogens is 1. The second-order valence-corrected chi connectivity index (χ2v) is 6.32. The lowest BCUT2D eigenvalue weighted by molar-refractivity contribution is -0.00255. The van der Waals surface area contributed by atoms with E-state index < -0.39 is 5.67 Å². The fraction of sp³-hybridized carbons (Fsp3) is 1.00. The summed E-state index contributed by atoms with van der Waals surface area (Å²) in [7, 11) is 0. The van der Waals surface area contributed by atoms with Gasteiger partial charge in [-0.1, -0.05) is 26.2 Å². The van der Waals surface area contributed by atoms with Crippen molar-refractivity contribution in [3.05, 3.63) is 0 Å². The molecule has 1 saturated carbocycles. The molecule has 0 bridgehead atoms. The van der Waals surface area contributed by atoms with Crippen LogP contribution >= 0.6 is 0 Å². The Kier molecular flexibility index (Phi) is 4.46. The number of piperidine rings is 1. The van der Waals surface area contributed by atoms with Crippen LogP contribution in [0.25, 0.3) is 0 Å². The predicted octanol–water partition coefficient (Wildman–Crippen LogP) is 3.93. The molecule has 1 nitrogen and oxygen atoms in total. The van der Waals surface area contributed by atoms with Crippen LogP contribution in [0.1, 0.15) is 58.8 Å². The lowest BCUT2D eigenvalue weighted by Gasteiger charge is -2.42. The zero-order valence-corrected chi connectivity index (χ0v) is 11.5. The third kappa shape index (κ3) is 3.01. The molecule has 17 heavy (non-hydrogen) atoms. The molecule has 2 atom stereocenters. The maximum Gasteiger partial charge on any atom is 0.115 e. The minimum Gasteiger partial charge on any atom is -0.316 e. The summed E-state index contributed by atoms with van der Waals surface area (Å²) in [5, 5.41) is 3.36. The van der Waals surface area contributed by atoms with Gasteiger partial charge in [-0.2, -0.15) is 0 Å². The first-order valence-corrected chi connectivity index (χ1v) is 7.54. The van der Waals surface area contributed by atoms with E-state index in [9.17, 15) is 0 Å². The van der Waals surface area contributed by atoms with Gasteiger partial charge in [0.1, 0.15) is 5.67 Å². The standard InChI is InChI=1S/C15H28FN/c1-3-12-6-8-13(9-7-12)15(2,16)14-5-4-10-17-11-14/h12-14,17H,3-11H2,1-2H3. The van der Waals surface area contributed by atoms with Crippen LogP contribution < -0.4 is 5.32 Å². The van der Waals surface area contributed by atoms with Gasteiger partial charge in [-0.25, -0.2) is 4.39 Å². The van der Waals surface area contributed by atoms with E-state index in [1.165, 1.54) is 19.3 Å². The van der Waals surface area contributed by atoms with Crippen molar-refractivity contribution in [3.63, 3.8) is 0 Å². The lowest BCUT2D eigenvalue weighted by Crippen LogP contribution is -2.46. The average Bonchev–Trinajstić information content (AvgIpc) is 2.40. The average molecular weight is 241 g/mol. The van der Waals surface area contributed by atoms with Gasteiger partial charge in [0.2, 0.25) is 0 Å². The van der Waals surface area contributed by atoms with Crippen LogP contribution in [0.4, 0.5) is 4.39 Å². The quantitative estimate of drug-likeness (QED) is 0.789. The molecule has 0 aromatic heterocycles. The number of hydrogen-bond donors (Lipinski definition) is 1. The molecular weight excluding hydrogens is 213 g/mol. The molecule has 2 unspecified atom stereocenters. The fourth-order valence-corrected chi connectivity index (χ4v) is 3.80. The molecule has 2 fully saturated rings. The van der Waals surface area contributed by atoms with Crippen LogP contribution in [0.15, 0.2) is 0 Å². The van der Waals surface area contributed by atoms with Crippen molar-refractivity contribution in [2.75, 3.05) is 13.1 Å². The maximum atomic E-state index is 15.1. The normalized spacial score (nSPS) is 38.6. The van der Waals surface area contributed by atoms with E-state index in [4.69, 9.17) is 0 Å². The van der Waals surface area contributed by atoms with Crippen molar-refractivity contribution in [2.24, 2.45) is 17.8 Å². The summed E-state index contributed by atoms with van der Waals surface area (Å²) in [5.41, 5.74) is -0.938. The van der Waals surface area contributed by atoms with Crippen LogP contribution in [-0.2, 0) is 0 Å². The van der Waals surface area contributed by atoms with Gasteiger partial charge < -0.3 is 5.32 Å². The van der Waals surface area contributed by atoms with Crippen LogP contribution in [0, 0.1) is 17.8 Å². The van der Waals surface area contributed by atoms with Crippen molar-refractivity contribution < 1.29 is 4.39 Å². The molecule has 2 heteroatoms. The zero-order chi connectivity index (χ0) is 12.3. The second-order valence-electron chi connectivity index (χ2n) is 6.32. The first kappa shape index (κ1) is 13.3. The summed E-state index contributed by atoms with van der Waals surface area (Å²) in [6.45, 7) is 6.11. The van der Waals surface area contributed by atoms with Crippen molar-refractivity contribution >= 4 is 0 Å². The van der Waals surface area contributed by atoms with Crippen molar-refractivity contribution in [2.45, 2.75) is 64.5 Å². The monoisotopic (exact) mass is 241 g/mol. The highest BCUT2D eigenvalue weighted by Crippen LogP contribution is 2.43. The molecule has 1 saturated heterocycles. The van der Waals surface area contributed by atoms with Crippen molar-refractivity contribution in [3.8, 4) is 0 Å². The van der Waals surface area contributed by atoms with Gasteiger partial charge in [0.05, 0.1) is 0 Å². The Bertz CT molecular complexity index is 225. The summed E-state index contributed by atoms with van der Waals surface area (Å²) in [4.78, 5) is 0. The summed E-state index contributed by atoms with van der Waals surface area (Å²) >= 11 is 0. The molecule has 0 spiro atoms. The Morgan fingerprint density at radius 2 is 1.82 bits per heavy atom. The first-order chi connectivity index (χ1) is 8.14. The third-order valence-electron chi connectivity index (χ3n) is 5.32. The molecule has 0 aromatic carbocycles. The van der Waals surface area contributed by atoms with E-state index in [0.29, 0.717) is 5.92 Å². The third-order valence-corrected chi connectivity index (χ3v) is 5.32. The number of hydrogen-bond acceptors (Lipinski definition) is 1. The summed E-state index contributed by atoms with van der Waals surface area (Å²) < 4.78 is 15.1. The molecule has 2 aliphatic rings. The van der Waals surface area contributed by atoms with Gasteiger partial charge in [0.25, 0.3) is 0 Å². The number of nitrogens with one attached hydrogen (secondary N) is 1. The van der Waals surface area contributed by atoms with Crippen LogP contribution in [0.3, 0.4) is 0 Å². The van der Waals surface area contributed by atoms with Gasteiger partial charge in [0.15, 0.2) is 0 Å². The zero-order valence-electron chi connectivity index (χ0n) is 11.5. The van der Waals surface area contributed by atoms with E-state index in [-0.39, 0.29) is 5.92 Å². The van der Waals surface area contributed by atoms with Gasteiger partial charge in [-0.15, -0.1) is 0 Å². The molecule has 100 valence electrons. The van der Waals surface area contributed by atoms with Gasteiger partial charge in [-0.3, -0.25) is 0 Å². The Hall–Kier alpha value is -0.110. The topological polar surface area (TPSA) is 12.0 Å². The van der Waals surface area contributed by atoms with Crippen molar-refractivity contribution in [1.29, 1.82) is 0 Å². The van der Waals surface area contributed by atoms with Gasteiger partial charge >= 0.3 is 0 Å². The minimum absolute atomic E-state index is 0.249. The number of alkyl halides is 1. The molecule has 0 aromatic rings.